The van der Waals surface area contributed by atoms with Crippen molar-refractivity contribution in [1.29, 1.82) is 0 Å². The summed E-state index contributed by atoms with van der Waals surface area (Å²) in [6.07, 6.45) is 8.07. The van der Waals surface area contributed by atoms with Gasteiger partial charge >= 0.3 is 0 Å². The molecule has 0 amide bonds. The molecule has 0 radical (unpaired) electrons. The maximum absolute atomic E-state index is 5.93. The van der Waals surface area contributed by atoms with Crippen molar-refractivity contribution in [2.45, 2.75) is 64.3 Å². The molecule has 2 unspecified atom stereocenters. The molecule has 21 heavy (non-hydrogen) atoms. The molecule has 1 saturated carbocycles. The Bertz CT molecular complexity index is 483. The van der Waals surface area contributed by atoms with E-state index in [0.29, 0.717) is 12.1 Å². The van der Waals surface area contributed by atoms with Crippen molar-refractivity contribution in [3.8, 4) is 0 Å². The van der Waals surface area contributed by atoms with Crippen molar-refractivity contribution in [1.82, 2.24) is 10.3 Å². The summed E-state index contributed by atoms with van der Waals surface area (Å²) in [6, 6.07) is 2.68. The monoisotopic (exact) mass is 289 g/mol. The van der Waals surface area contributed by atoms with Gasteiger partial charge in [-0.25, -0.2) is 0 Å². The summed E-state index contributed by atoms with van der Waals surface area (Å²) >= 11 is 0. The number of rotatable bonds is 3. The number of morpholine rings is 1. The van der Waals surface area contributed by atoms with Crippen LogP contribution < -0.4 is 10.2 Å². The van der Waals surface area contributed by atoms with E-state index in [9.17, 15) is 0 Å². The first kappa shape index (κ1) is 14.8. The zero-order chi connectivity index (χ0) is 14.9. The Hall–Kier alpha value is -1.13. The van der Waals surface area contributed by atoms with E-state index in [-0.39, 0.29) is 5.54 Å². The molecule has 2 atom stereocenters. The molecule has 1 saturated heterocycles. The van der Waals surface area contributed by atoms with Crippen molar-refractivity contribution in [2.24, 2.45) is 0 Å². The molecule has 0 aromatic carbocycles. The van der Waals surface area contributed by atoms with Crippen LogP contribution in [0.25, 0.3) is 0 Å². The molecule has 1 aliphatic heterocycles. The SMILES string of the molecule is CC(C)(C)NCc1ccncc1N1CCOC2CCCC21. The summed E-state index contributed by atoms with van der Waals surface area (Å²) in [6.45, 7) is 9.31. The molecule has 116 valence electrons. The Morgan fingerprint density at radius 3 is 3.05 bits per heavy atom. The first-order valence-electron chi connectivity index (χ1n) is 8.11. The first-order chi connectivity index (χ1) is 10.0. The molecule has 1 aromatic heterocycles. The third-order valence-electron chi connectivity index (χ3n) is 4.49. The van der Waals surface area contributed by atoms with Crippen molar-refractivity contribution in [2.75, 3.05) is 18.1 Å². The fourth-order valence-corrected chi connectivity index (χ4v) is 3.41. The van der Waals surface area contributed by atoms with E-state index < -0.39 is 0 Å². The van der Waals surface area contributed by atoms with E-state index in [1.165, 1.54) is 30.5 Å². The normalized spacial score (nSPS) is 26.0. The van der Waals surface area contributed by atoms with Crippen molar-refractivity contribution in [3.63, 3.8) is 0 Å². The van der Waals surface area contributed by atoms with Crippen molar-refractivity contribution < 1.29 is 4.74 Å². The molecule has 4 nitrogen and oxygen atoms in total. The summed E-state index contributed by atoms with van der Waals surface area (Å²) in [5.74, 6) is 0. The number of aromatic nitrogens is 1. The van der Waals surface area contributed by atoms with Crippen LogP contribution in [-0.4, -0.2) is 35.8 Å². The Morgan fingerprint density at radius 1 is 1.38 bits per heavy atom. The molecule has 3 rings (SSSR count). The molecule has 1 N–H and O–H groups in total. The third-order valence-corrected chi connectivity index (χ3v) is 4.49. The highest BCUT2D eigenvalue weighted by Gasteiger charge is 2.36. The first-order valence-corrected chi connectivity index (χ1v) is 8.11. The predicted molar refractivity (Wildman–Crippen MR) is 85.6 cm³/mol. The standard InChI is InChI=1S/C17H27N3O/c1-17(2,3)19-11-13-7-8-18-12-15(13)20-9-10-21-16-6-4-5-14(16)20/h7-8,12,14,16,19H,4-6,9-11H2,1-3H3. The molecule has 0 bridgehead atoms. The van der Waals surface area contributed by atoms with Gasteiger partial charge in [0.1, 0.15) is 0 Å². The summed E-state index contributed by atoms with van der Waals surface area (Å²) in [4.78, 5) is 6.90. The third kappa shape index (κ3) is 3.38. The highest BCUT2D eigenvalue weighted by Crippen LogP contribution is 2.34. The van der Waals surface area contributed by atoms with Gasteiger partial charge in [-0.15, -0.1) is 0 Å². The zero-order valence-corrected chi connectivity index (χ0v) is 13.4. The minimum Gasteiger partial charge on any atom is -0.374 e. The van der Waals surface area contributed by atoms with E-state index in [0.717, 1.165) is 19.7 Å². The van der Waals surface area contributed by atoms with Gasteiger partial charge in [-0.2, -0.15) is 0 Å². The Labute approximate surface area is 127 Å². The predicted octanol–water partition coefficient (Wildman–Crippen LogP) is 2.73. The van der Waals surface area contributed by atoms with Gasteiger partial charge in [0.25, 0.3) is 0 Å². The quantitative estimate of drug-likeness (QED) is 0.928. The van der Waals surface area contributed by atoms with Gasteiger partial charge in [-0.1, -0.05) is 0 Å². The number of anilines is 1. The van der Waals surface area contributed by atoms with Crippen molar-refractivity contribution in [3.05, 3.63) is 24.0 Å². The second-order valence-electron chi connectivity index (χ2n) is 7.21. The molecular formula is C17H27N3O. The summed E-state index contributed by atoms with van der Waals surface area (Å²) in [5.41, 5.74) is 2.75. The van der Waals surface area contributed by atoms with E-state index >= 15 is 0 Å². The van der Waals surface area contributed by atoms with Crippen LogP contribution in [0.1, 0.15) is 45.6 Å². The van der Waals surface area contributed by atoms with Gasteiger partial charge < -0.3 is 15.0 Å². The van der Waals surface area contributed by atoms with Crippen LogP contribution in [-0.2, 0) is 11.3 Å². The van der Waals surface area contributed by atoms with Gasteiger partial charge in [0, 0.05) is 24.8 Å². The molecular weight excluding hydrogens is 262 g/mol. The Kier molecular flexibility index (Phi) is 4.18. The lowest BCUT2D eigenvalue weighted by atomic mass is 10.1. The summed E-state index contributed by atoms with van der Waals surface area (Å²) in [5, 5.41) is 3.59. The second-order valence-corrected chi connectivity index (χ2v) is 7.21. The number of pyridine rings is 1. The van der Waals surface area contributed by atoms with Crippen molar-refractivity contribution >= 4 is 5.69 Å². The van der Waals surface area contributed by atoms with Crippen LogP contribution in [0.3, 0.4) is 0 Å². The van der Waals surface area contributed by atoms with Gasteiger partial charge in [0.15, 0.2) is 0 Å². The van der Waals surface area contributed by atoms with Crippen LogP contribution in [0.4, 0.5) is 5.69 Å². The highest BCUT2D eigenvalue weighted by atomic mass is 16.5. The maximum atomic E-state index is 5.93. The Balaban J connectivity index is 1.81. The average Bonchev–Trinajstić information content (AvgIpc) is 2.93. The smallest absolute Gasteiger partial charge is 0.0779 e. The minimum absolute atomic E-state index is 0.126. The Morgan fingerprint density at radius 2 is 2.24 bits per heavy atom. The summed E-state index contributed by atoms with van der Waals surface area (Å²) < 4.78 is 5.93. The molecule has 4 heteroatoms. The fourth-order valence-electron chi connectivity index (χ4n) is 3.41. The number of hydrogen-bond donors (Lipinski definition) is 1. The number of nitrogens with zero attached hydrogens (tertiary/aromatic N) is 2. The molecule has 0 spiro atoms. The van der Waals surface area contributed by atoms with Crippen LogP contribution >= 0.6 is 0 Å². The lowest BCUT2D eigenvalue weighted by molar-refractivity contribution is 0.0255. The topological polar surface area (TPSA) is 37.4 Å². The minimum atomic E-state index is 0.126. The number of hydrogen-bond acceptors (Lipinski definition) is 4. The van der Waals surface area contributed by atoms with Gasteiger partial charge in [-0.05, 0) is 51.7 Å². The average molecular weight is 289 g/mol. The molecule has 2 aliphatic rings. The van der Waals surface area contributed by atoms with E-state index in [1.807, 2.05) is 12.4 Å². The summed E-state index contributed by atoms with van der Waals surface area (Å²) in [7, 11) is 0. The lowest BCUT2D eigenvalue weighted by Gasteiger charge is -2.40. The van der Waals surface area contributed by atoms with Gasteiger partial charge in [0.05, 0.1) is 30.6 Å². The van der Waals surface area contributed by atoms with Crippen LogP contribution in [0.5, 0.6) is 0 Å². The fraction of sp³-hybridized carbons (Fsp3) is 0.706. The van der Waals surface area contributed by atoms with E-state index in [1.54, 1.807) is 0 Å². The van der Waals surface area contributed by atoms with E-state index in [2.05, 4.69) is 42.0 Å². The molecule has 2 fully saturated rings. The number of ether oxygens (including phenoxy) is 1. The van der Waals surface area contributed by atoms with Crippen LogP contribution in [0.15, 0.2) is 18.5 Å². The largest absolute Gasteiger partial charge is 0.374 e. The highest BCUT2D eigenvalue weighted by molar-refractivity contribution is 5.53. The lowest BCUT2D eigenvalue weighted by Crippen LogP contribution is -2.49. The van der Waals surface area contributed by atoms with E-state index in [4.69, 9.17) is 4.74 Å². The van der Waals surface area contributed by atoms with Crippen LogP contribution in [0, 0.1) is 0 Å². The number of fused-ring (bicyclic) bond motifs is 1. The zero-order valence-electron chi connectivity index (χ0n) is 13.4. The van der Waals surface area contributed by atoms with Gasteiger partial charge in [-0.3, -0.25) is 4.98 Å². The second kappa shape index (κ2) is 5.93. The molecule has 1 aliphatic carbocycles. The van der Waals surface area contributed by atoms with Gasteiger partial charge in [0.2, 0.25) is 0 Å². The molecule has 1 aromatic rings. The molecule has 2 heterocycles. The number of nitrogens with one attached hydrogen (secondary N) is 1. The van der Waals surface area contributed by atoms with Crippen LogP contribution in [0.2, 0.25) is 0 Å². The maximum Gasteiger partial charge on any atom is 0.0779 e.